The smallest absolute Gasteiger partial charge is 0.193 e. The number of methoxy groups -OCH3 is 1. The van der Waals surface area contributed by atoms with Crippen molar-refractivity contribution in [2.45, 2.75) is 26.8 Å². The molecule has 7 heteroatoms. The van der Waals surface area contributed by atoms with E-state index in [0.29, 0.717) is 29.9 Å². The molecule has 0 radical (unpaired) electrons. The Morgan fingerprint density at radius 2 is 1.96 bits per heavy atom. The van der Waals surface area contributed by atoms with E-state index in [1.807, 2.05) is 31.2 Å². The molecule has 0 aliphatic rings. The molecule has 0 amide bonds. The van der Waals surface area contributed by atoms with Crippen LogP contribution < -0.4 is 20.5 Å². The summed E-state index contributed by atoms with van der Waals surface area (Å²) in [5, 5.41) is 3.53. The first kappa shape index (κ1) is 22.4. The summed E-state index contributed by atoms with van der Waals surface area (Å²) in [7, 11) is 1.57. The monoisotopic (exact) mass is 489 g/mol. The number of aryl methyl sites for hydroxylation is 1. The van der Waals surface area contributed by atoms with Crippen LogP contribution in [-0.2, 0) is 6.54 Å². The predicted molar refractivity (Wildman–Crippen MR) is 119 cm³/mol. The molecule has 0 atom stereocenters. The Morgan fingerprint density at radius 3 is 2.62 bits per heavy atom. The highest BCUT2D eigenvalue weighted by Gasteiger charge is 2.05. The number of halogens is 2. The molecule has 0 aliphatic heterocycles. The van der Waals surface area contributed by atoms with Gasteiger partial charge in [-0.3, -0.25) is 0 Å². The number of nitrogens with zero attached hydrogens (tertiary/aromatic N) is 1. The lowest BCUT2D eigenvalue weighted by Gasteiger charge is -2.11. The Morgan fingerprint density at radius 1 is 1.19 bits per heavy atom. The number of hydrogen-bond donors (Lipinski definition) is 2. The summed E-state index contributed by atoms with van der Waals surface area (Å²) in [4.78, 5) is 4.39. The Labute approximate surface area is 177 Å². The van der Waals surface area contributed by atoms with Gasteiger partial charge in [0.15, 0.2) is 5.96 Å². The van der Waals surface area contributed by atoms with Gasteiger partial charge >= 0.3 is 0 Å². The third-order valence-corrected chi connectivity index (χ3v) is 3.82. The Balaban J connectivity index is 0.00000338. The lowest BCUT2D eigenvalue weighted by atomic mass is 10.1. The maximum absolute atomic E-state index is 6.11. The van der Waals surface area contributed by atoms with Crippen molar-refractivity contribution in [1.82, 2.24) is 0 Å². The fraction of sp³-hybridized carbons (Fsp3) is 0.316. The van der Waals surface area contributed by atoms with Gasteiger partial charge in [0.2, 0.25) is 0 Å². The summed E-state index contributed by atoms with van der Waals surface area (Å²) in [5.41, 5.74) is 8.87. The zero-order valence-electron chi connectivity index (χ0n) is 15.2. The normalized spacial score (nSPS) is 10.8. The molecule has 0 aromatic heterocycles. The number of nitrogens with one attached hydrogen (secondary N) is 1. The Bertz CT molecular complexity index is 754. The molecule has 0 aliphatic carbocycles. The second kappa shape index (κ2) is 11.1. The van der Waals surface area contributed by atoms with Crippen molar-refractivity contribution in [2.24, 2.45) is 10.7 Å². The van der Waals surface area contributed by atoms with E-state index >= 15 is 0 Å². The van der Waals surface area contributed by atoms with Gasteiger partial charge < -0.3 is 20.5 Å². The summed E-state index contributed by atoms with van der Waals surface area (Å²) in [6.07, 6.45) is 0.957. The highest BCUT2D eigenvalue weighted by Crippen LogP contribution is 2.27. The molecule has 26 heavy (non-hydrogen) atoms. The minimum Gasteiger partial charge on any atom is -0.495 e. The summed E-state index contributed by atoms with van der Waals surface area (Å²) in [5.74, 6) is 1.77. The number of rotatable bonds is 7. The van der Waals surface area contributed by atoms with E-state index in [9.17, 15) is 0 Å². The van der Waals surface area contributed by atoms with Gasteiger partial charge in [0.25, 0.3) is 0 Å². The SMILES string of the molecule is CCCOc1cc(C)ccc1CN=C(N)Nc1ccc(OC)c(Cl)c1.I. The molecule has 0 fully saturated rings. The third kappa shape index (κ3) is 6.57. The average Bonchev–Trinajstić information content (AvgIpc) is 2.59. The van der Waals surface area contributed by atoms with Crippen LogP contribution in [0, 0.1) is 6.92 Å². The van der Waals surface area contributed by atoms with E-state index in [1.54, 1.807) is 19.2 Å². The lowest BCUT2D eigenvalue weighted by Crippen LogP contribution is -2.22. The fourth-order valence-electron chi connectivity index (χ4n) is 2.24. The molecule has 0 heterocycles. The largest absolute Gasteiger partial charge is 0.495 e. The third-order valence-electron chi connectivity index (χ3n) is 3.53. The zero-order chi connectivity index (χ0) is 18.2. The van der Waals surface area contributed by atoms with Crippen LogP contribution >= 0.6 is 35.6 Å². The summed E-state index contributed by atoms with van der Waals surface area (Å²) in [6, 6.07) is 11.4. The first-order valence-corrected chi connectivity index (χ1v) is 8.54. The quantitative estimate of drug-likeness (QED) is 0.327. The van der Waals surface area contributed by atoms with Crippen molar-refractivity contribution in [3.8, 4) is 11.5 Å². The number of ether oxygens (including phenoxy) is 2. The van der Waals surface area contributed by atoms with Gasteiger partial charge in [0, 0.05) is 11.3 Å². The van der Waals surface area contributed by atoms with Crippen LogP contribution in [0.5, 0.6) is 11.5 Å². The molecule has 0 bridgehead atoms. The highest BCUT2D eigenvalue weighted by molar-refractivity contribution is 14.0. The van der Waals surface area contributed by atoms with Crippen molar-refractivity contribution in [2.75, 3.05) is 19.0 Å². The highest BCUT2D eigenvalue weighted by atomic mass is 127. The summed E-state index contributed by atoms with van der Waals surface area (Å²) < 4.78 is 10.9. The maximum atomic E-state index is 6.11. The number of aliphatic imine (C=N–C) groups is 1. The van der Waals surface area contributed by atoms with Gasteiger partial charge in [-0.2, -0.15) is 0 Å². The van der Waals surface area contributed by atoms with Gasteiger partial charge in [0.05, 0.1) is 25.3 Å². The topological polar surface area (TPSA) is 68.9 Å². The molecule has 0 unspecified atom stereocenters. The fourth-order valence-corrected chi connectivity index (χ4v) is 2.50. The van der Waals surface area contributed by atoms with Crippen LogP contribution in [0.25, 0.3) is 0 Å². The minimum atomic E-state index is 0. The van der Waals surface area contributed by atoms with Gasteiger partial charge in [-0.15, -0.1) is 24.0 Å². The van der Waals surface area contributed by atoms with Crippen LogP contribution in [-0.4, -0.2) is 19.7 Å². The predicted octanol–water partition coefficient (Wildman–Crippen LogP) is 4.99. The van der Waals surface area contributed by atoms with Gasteiger partial charge in [-0.1, -0.05) is 30.7 Å². The molecule has 2 rings (SSSR count). The second-order valence-corrected chi connectivity index (χ2v) is 6.04. The molecule has 3 N–H and O–H groups in total. The van der Waals surface area contributed by atoms with Crippen molar-refractivity contribution < 1.29 is 9.47 Å². The van der Waals surface area contributed by atoms with Crippen LogP contribution in [0.3, 0.4) is 0 Å². The number of nitrogens with two attached hydrogens (primary N) is 1. The standard InChI is InChI=1S/C19H24ClN3O2.HI/c1-4-9-25-18-10-13(2)5-6-14(18)12-22-19(21)23-15-7-8-17(24-3)16(20)11-15;/h5-8,10-11H,4,9,12H2,1-3H3,(H3,21,22,23);1H. The van der Waals surface area contributed by atoms with Gasteiger partial charge in [-0.25, -0.2) is 4.99 Å². The van der Waals surface area contributed by atoms with Gasteiger partial charge in [0.1, 0.15) is 11.5 Å². The minimum absolute atomic E-state index is 0. The van der Waals surface area contributed by atoms with E-state index in [2.05, 4.69) is 17.2 Å². The van der Waals surface area contributed by atoms with E-state index in [-0.39, 0.29) is 24.0 Å². The summed E-state index contributed by atoms with van der Waals surface area (Å²) >= 11 is 6.11. The van der Waals surface area contributed by atoms with E-state index < -0.39 is 0 Å². The number of guanidine groups is 1. The molecule has 0 spiro atoms. The second-order valence-electron chi connectivity index (χ2n) is 5.64. The molecule has 0 saturated heterocycles. The molecule has 142 valence electrons. The van der Waals surface area contributed by atoms with E-state index in [0.717, 1.165) is 29.0 Å². The number of hydrogen-bond acceptors (Lipinski definition) is 3. The summed E-state index contributed by atoms with van der Waals surface area (Å²) in [6.45, 7) is 5.23. The van der Waals surface area contributed by atoms with Crippen LogP contribution in [0.15, 0.2) is 41.4 Å². The van der Waals surface area contributed by atoms with E-state index in [1.165, 1.54) is 0 Å². The molecular weight excluding hydrogens is 465 g/mol. The lowest BCUT2D eigenvalue weighted by molar-refractivity contribution is 0.314. The van der Waals surface area contributed by atoms with Crippen molar-refractivity contribution in [3.63, 3.8) is 0 Å². The van der Waals surface area contributed by atoms with Crippen LogP contribution in [0.2, 0.25) is 5.02 Å². The number of anilines is 1. The average molecular weight is 490 g/mol. The first-order chi connectivity index (χ1) is 12.0. The van der Waals surface area contributed by atoms with Gasteiger partial charge in [-0.05, 0) is 43.2 Å². The first-order valence-electron chi connectivity index (χ1n) is 8.16. The van der Waals surface area contributed by atoms with Crippen LogP contribution in [0.1, 0.15) is 24.5 Å². The van der Waals surface area contributed by atoms with Crippen molar-refractivity contribution in [1.29, 1.82) is 0 Å². The maximum Gasteiger partial charge on any atom is 0.193 e. The van der Waals surface area contributed by atoms with Crippen LogP contribution in [0.4, 0.5) is 5.69 Å². The molecule has 2 aromatic carbocycles. The molecule has 0 saturated carbocycles. The van der Waals surface area contributed by atoms with Crippen molar-refractivity contribution >= 4 is 47.2 Å². The zero-order valence-corrected chi connectivity index (χ0v) is 18.3. The van der Waals surface area contributed by atoms with Crippen molar-refractivity contribution in [3.05, 3.63) is 52.5 Å². The Kier molecular flexibility index (Phi) is 9.58. The molecule has 2 aromatic rings. The Hall–Kier alpha value is -1.67. The number of benzene rings is 2. The molecular formula is C19H25ClIN3O2. The molecule has 5 nitrogen and oxygen atoms in total. The van der Waals surface area contributed by atoms with E-state index in [4.69, 9.17) is 26.8 Å².